The summed E-state index contributed by atoms with van der Waals surface area (Å²) in [7, 11) is 0. The van der Waals surface area contributed by atoms with E-state index in [-0.39, 0.29) is 5.91 Å². The van der Waals surface area contributed by atoms with Crippen LogP contribution in [0.5, 0.6) is 0 Å². The van der Waals surface area contributed by atoms with Gasteiger partial charge in [0.05, 0.1) is 5.69 Å². The van der Waals surface area contributed by atoms with Gasteiger partial charge in [-0.05, 0) is 56.9 Å². The Hall–Kier alpha value is -1.01. The second-order valence-electron chi connectivity index (χ2n) is 5.27. The lowest BCUT2D eigenvalue weighted by molar-refractivity contribution is 0.0954. The molecule has 1 aromatic rings. The largest absolute Gasteiger partial charge is 0.351 e. The fourth-order valence-electron chi connectivity index (χ4n) is 2.56. The summed E-state index contributed by atoms with van der Waals surface area (Å²) in [5.74, 6) is -0.0206. The molecule has 0 unspecified atom stereocenters. The molecule has 0 aliphatic carbocycles. The van der Waals surface area contributed by atoms with Gasteiger partial charge in [-0.3, -0.25) is 4.79 Å². The highest BCUT2D eigenvalue weighted by Crippen LogP contribution is 2.11. The lowest BCUT2D eigenvalue weighted by Crippen LogP contribution is -2.30. The molecule has 112 valence electrons. The Balaban J connectivity index is 1.66. The molecule has 1 amide bonds. The van der Waals surface area contributed by atoms with Gasteiger partial charge in [-0.25, -0.2) is 0 Å². The maximum atomic E-state index is 12.0. The minimum Gasteiger partial charge on any atom is -0.351 e. The number of aromatic nitrogens is 2. The molecule has 0 bridgehead atoms. The summed E-state index contributed by atoms with van der Waals surface area (Å²) in [5.41, 5.74) is 0.806. The maximum Gasteiger partial charge on any atom is 0.264 e. The first-order valence-corrected chi connectivity index (χ1v) is 8.40. The number of aryl methyl sites for hydroxylation is 1. The summed E-state index contributed by atoms with van der Waals surface area (Å²) >= 11 is 1.19. The predicted octanol–water partition coefficient (Wildman–Crippen LogP) is 2.10. The molecule has 20 heavy (non-hydrogen) atoms. The van der Waals surface area contributed by atoms with E-state index < -0.39 is 0 Å². The molecule has 6 heteroatoms. The first-order chi connectivity index (χ1) is 9.81. The topological polar surface area (TPSA) is 58.1 Å². The van der Waals surface area contributed by atoms with Gasteiger partial charge >= 0.3 is 0 Å². The quantitative estimate of drug-likeness (QED) is 0.817. The smallest absolute Gasteiger partial charge is 0.264 e. The van der Waals surface area contributed by atoms with Gasteiger partial charge in [0.15, 0.2) is 0 Å². The van der Waals surface area contributed by atoms with Crippen molar-refractivity contribution in [2.75, 3.05) is 26.2 Å². The van der Waals surface area contributed by atoms with Crippen molar-refractivity contribution in [3.05, 3.63) is 10.6 Å². The molecule has 1 aliphatic rings. The van der Waals surface area contributed by atoms with Gasteiger partial charge in [-0.15, -0.1) is 5.10 Å². The number of likely N-dealkylation sites (tertiary alicyclic amines) is 1. The van der Waals surface area contributed by atoms with E-state index in [2.05, 4.69) is 19.8 Å². The number of nitrogens with zero attached hydrogens (tertiary/aromatic N) is 3. The standard InChI is InChI=1S/C14H24N4OS/c1-2-12-13(20-17-16-12)14(19)15-8-7-11-18-9-5-3-4-6-10-18/h2-11H2,1H3,(H,15,19). The van der Waals surface area contributed by atoms with Gasteiger partial charge in [-0.1, -0.05) is 24.3 Å². The first kappa shape index (κ1) is 15.4. The van der Waals surface area contributed by atoms with Crippen molar-refractivity contribution in [3.63, 3.8) is 0 Å². The highest BCUT2D eigenvalue weighted by atomic mass is 32.1. The number of carbonyl (C=O) groups is 1. The van der Waals surface area contributed by atoms with Crippen LogP contribution >= 0.6 is 11.5 Å². The Morgan fingerprint density at radius 1 is 1.30 bits per heavy atom. The van der Waals surface area contributed by atoms with Crippen molar-refractivity contribution in [3.8, 4) is 0 Å². The van der Waals surface area contributed by atoms with Gasteiger partial charge in [-0.2, -0.15) is 0 Å². The summed E-state index contributed by atoms with van der Waals surface area (Å²) in [5, 5.41) is 6.95. The average molecular weight is 296 g/mol. The molecule has 5 nitrogen and oxygen atoms in total. The highest BCUT2D eigenvalue weighted by Gasteiger charge is 2.14. The number of carbonyl (C=O) groups excluding carboxylic acids is 1. The summed E-state index contributed by atoms with van der Waals surface area (Å²) in [4.78, 5) is 15.2. The Morgan fingerprint density at radius 3 is 2.75 bits per heavy atom. The van der Waals surface area contributed by atoms with Crippen LogP contribution in [0.15, 0.2) is 0 Å². The summed E-state index contributed by atoms with van der Waals surface area (Å²) in [6.07, 6.45) is 7.14. The molecule has 2 rings (SSSR count). The van der Waals surface area contributed by atoms with E-state index in [9.17, 15) is 4.79 Å². The summed E-state index contributed by atoms with van der Waals surface area (Å²) < 4.78 is 3.85. The third-order valence-corrected chi connectivity index (χ3v) is 4.50. The average Bonchev–Trinajstić information content (AvgIpc) is 2.80. The van der Waals surface area contributed by atoms with Gasteiger partial charge in [0, 0.05) is 6.54 Å². The van der Waals surface area contributed by atoms with Crippen molar-refractivity contribution in [1.29, 1.82) is 0 Å². The van der Waals surface area contributed by atoms with Gasteiger partial charge in [0.2, 0.25) is 0 Å². The molecule has 0 atom stereocenters. The van der Waals surface area contributed by atoms with E-state index >= 15 is 0 Å². The van der Waals surface area contributed by atoms with Crippen molar-refractivity contribution in [1.82, 2.24) is 19.8 Å². The third kappa shape index (κ3) is 4.52. The lowest BCUT2D eigenvalue weighted by atomic mass is 10.2. The Labute approximate surface area is 124 Å². The second-order valence-corrected chi connectivity index (χ2v) is 6.02. The molecule has 0 radical (unpaired) electrons. The number of hydrogen-bond donors (Lipinski definition) is 1. The number of hydrogen-bond acceptors (Lipinski definition) is 5. The monoisotopic (exact) mass is 296 g/mol. The molecule has 1 saturated heterocycles. The van der Waals surface area contributed by atoms with Gasteiger partial charge in [0.1, 0.15) is 4.88 Å². The molecule has 1 aliphatic heterocycles. The SMILES string of the molecule is CCc1nnsc1C(=O)NCCCN1CCCCCC1. The van der Waals surface area contributed by atoms with Crippen LogP contribution in [0.4, 0.5) is 0 Å². The fraction of sp³-hybridized carbons (Fsp3) is 0.786. The molecule has 2 heterocycles. The maximum absolute atomic E-state index is 12.0. The third-order valence-electron chi connectivity index (χ3n) is 3.73. The summed E-state index contributed by atoms with van der Waals surface area (Å²) in [6.45, 7) is 6.24. The summed E-state index contributed by atoms with van der Waals surface area (Å²) in [6, 6.07) is 0. The highest BCUT2D eigenvalue weighted by molar-refractivity contribution is 7.08. The Kier molecular flexibility index (Phi) is 6.39. The van der Waals surface area contributed by atoms with E-state index in [1.54, 1.807) is 0 Å². The zero-order valence-corrected chi connectivity index (χ0v) is 13.0. The number of nitrogens with one attached hydrogen (secondary N) is 1. The Bertz CT molecular complexity index is 413. The van der Waals surface area contributed by atoms with Crippen LogP contribution in [-0.2, 0) is 6.42 Å². The molecular formula is C14H24N4OS. The van der Waals surface area contributed by atoms with Crippen LogP contribution in [0.25, 0.3) is 0 Å². The van der Waals surface area contributed by atoms with Crippen molar-refractivity contribution < 1.29 is 4.79 Å². The van der Waals surface area contributed by atoms with E-state index in [0.717, 1.165) is 31.6 Å². The van der Waals surface area contributed by atoms with Crippen molar-refractivity contribution in [2.24, 2.45) is 0 Å². The molecule has 1 aromatic heterocycles. The van der Waals surface area contributed by atoms with Crippen LogP contribution in [-0.4, -0.2) is 46.6 Å². The zero-order chi connectivity index (χ0) is 14.2. The molecular weight excluding hydrogens is 272 g/mol. The van der Waals surface area contributed by atoms with Crippen molar-refractivity contribution in [2.45, 2.75) is 45.4 Å². The van der Waals surface area contributed by atoms with E-state index in [4.69, 9.17) is 0 Å². The minimum absolute atomic E-state index is 0.0206. The molecule has 0 aromatic carbocycles. The molecule has 1 N–H and O–H groups in total. The molecule has 1 fully saturated rings. The second kappa shape index (κ2) is 8.32. The van der Waals surface area contributed by atoms with E-state index in [0.29, 0.717) is 4.88 Å². The van der Waals surface area contributed by atoms with Crippen LogP contribution in [0.2, 0.25) is 0 Å². The molecule has 0 saturated carbocycles. The van der Waals surface area contributed by atoms with Crippen LogP contribution in [0.3, 0.4) is 0 Å². The molecule has 0 spiro atoms. The van der Waals surface area contributed by atoms with Crippen LogP contribution in [0.1, 0.15) is 54.4 Å². The first-order valence-electron chi connectivity index (χ1n) is 7.63. The Morgan fingerprint density at radius 2 is 2.05 bits per heavy atom. The normalized spacial score (nSPS) is 16.9. The van der Waals surface area contributed by atoms with Gasteiger partial charge < -0.3 is 10.2 Å². The zero-order valence-electron chi connectivity index (χ0n) is 12.2. The van der Waals surface area contributed by atoms with Gasteiger partial charge in [0.25, 0.3) is 5.91 Å². The van der Waals surface area contributed by atoms with E-state index in [1.165, 1.54) is 50.3 Å². The lowest BCUT2D eigenvalue weighted by Gasteiger charge is -2.19. The minimum atomic E-state index is -0.0206. The van der Waals surface area contributed by atoms with Crippen molar-refractivity contribution >= 4 is 17.4 Å². The number of rotatable bonds is 6. The number of amides is 1. The predicted molar refractivity (Wildman–Crippen MR) is 81.1 cm³/mol. The fourth-order valence-corrected chi connectivity index (χ4v) is 3.22. The van der Waals surface area contributed by atoms with Crippen LogP contribution < -0.4 is 5.32 Å². The van der Waals surface area contributed by atoms with E-state index in [1.807, 2.05) is 6.92 Å². The van der Waals surface area contributed by atoms with Crippen LogP contribution in [0, 0.1) is 0 Å².